The second kappa shape index (κ2) is 8.02. The monoisotopic (exact) mass is 252 g/mol. The molecule has 0 fully saturated rings. The summed E-state index contributed by atoms with van der Waals surface area (Å²) < 4.78 is 12.7. The lowest BCUT2D eigenvalue weighted by molar-refractivity contribution is 0.0172. The number of hydrogen-bond donors (Lipinski definition) is 3. The van der Waals surface area contributed by atoms with Crippen LogP contribution in [0.5, 0.6) is 0 Å². The van der Waals surface area contributed by atoms with E-state index in [1.165, 1.54) is 0 Å². The van der Waals surface area contributed by atoms with Crippen LogP contribution in [-0.2, 0) is 14.2 Å². The van der Waals surface area contributed by atoms with E-state index in [2.05, 4.69) is 14.2 Å². The van der Waals surface area contributed by atoms with E-state index in [1.807, 2.05) is 0 Å². The van der Waals surface area contributed by atoms with E-state index in [1.54, 1.807) is 0 Å². The summed E-state index contributed by atoms with van der Waals surface area (Å²) in [4.78, 5) is 30.3. The van der Waals surface area contributed by atoms with Gasteiger partial charge in [-0.25, -0.2) is 14.4 Å². The minimum Gasteiger partial charge on any atom is -0.450 e. The topological polar surface area (TPSA) is 140 Å². The molecule has 0 bridgehead atoms. The Kier molecular flexibility index (Phi) is 6.99. The Labute approximate surface area is 95.5 Å². The molecule has 0 aromatic heterocycles. The molecule has 17 heavy (non-hydrogen) atoms. The molecule has 0 aromatic rings. The highest BCUT2D eigenvalue weighted by molar-refractivity contribution is 5.57. The molecule has 0 saturated carbocycles. The number of hydrogen-bond acceptors (Lipinski definition) is 6. The predicted octanol–water partition coefficient (Wildman–Crippen LogP) is 1.22. The first-order valence-corrected chi connectivity index (χ1v) is 4.53. The summed E-state index contributed by atoms with van der Waals surface area (Å²) in [7, 11) is 0. The smallest absolute Gasteiger partial charge is 0.450 e. The molecular formula is C8H12O9. The Balaban J connectivity index is 3.91. The maximum absolute atomic E-state index is 10.3. The molecule has 0 radical (unpaired) electrons. The van der Waals surface area contributed by atoms with Crippen LogP contribution in [0.25, 0.3) is 0 Å². The Morgan fingerprint density at radius 2 is 1.24 bits per heavy atom. The molecule has 0 aliphatic heterocycles. The van der Waals surface area contributed by atoms with E-state index in [-0.39, 0.29) is 26.1 Å². The molecule has 98 valence electrons. The predicted molar refractivity (Wildman–Crippen MR) is 50.1 cm³/mol. The van der Waals surface area contributed by atoms with Crippen LogP contribution in [0.15, 0.2) is 0 Å². The lowest BCUT2D eigenvalue weighted by atomic mass is 10.2. The van der Waals surface area contributed by atoms with E-state index in [0.717, 1.165) is 0 Å². The first-order valence-electron chi connectivity index (χ1n) is 4.53. The Morgan fingerprint density at radius 3 is 1.53 bits per heavy atom. The first kappa shape index (κ1) is 14.8. The molecule has 0 amide bonds. The minimum absolute atomic E-state index is 0.0123. The van der Waals surface area contributed by atoms with Gasteiger partial charge in [-0.3, -0.25) is 0 Å². The van der Waals surface area contributed by atoms with E-state index in [9.17, 15) is 14.4 Å². The summed E-state index contributed by atoms with van der Waals surface area (Å²) >= 11 is 0. The maximum atomic E-state index is 10.3. The minimum atomic E-state index is -1.54. The molecule has 0 atom stereocenters. The van der Waals surface area contributed by atoms with Gasteiger partial charge in [0.1, 0.15) is 6.10 Å². The van der Waals surface area contributed by atoms with E-state index < -0.39 is 24.6 Å². The van der Waals surface area contributed by atoms with Crippen LogP contribution in [0.3, 0.4) is 0 Å². The second-order valence-corrected chi connectivity index (χ2v) is 2.81. The van der Waals surface area contributed by atoms with Crippen molar-refractivity contribution in [1.29, 1.82) is 0 Å². The standard InChI is InChI=1S/C8H12O9/c9-6(10)15-3-1-5(17-8(13)14)2-4-16-7(11)12/h5H,1-4H2,(H,9,10)(H,11,12)(H,13,14). The summed E-state index contributed by atoms with van der Waals surface area (Å²) in [6, 6.07) is 0. The summed E-state index contributed by atoms with van der Waals surface area (Å²) in [6.45, 7) is -0.499. The van der Waals surface area contributed by atoms with E-state index >= 15 is 0 Å². The number of ether oxygens (including phenoxy) is 3. The van der Waals surface area contributed by atoms with Gasteiger partial charge >= 0.3 is 18.5 Å². The molecule has 9 heteroatoms. The molecule has 0 rings (SSSR count). The fraction of sp³-hybridized carbons (Fsp3) is 0.625. The first-order chi connectivity index (χ1) is 7.91. The van der Waals surface area contributed by atoms with Crippen LogP contribution in [-0.4, -0.2) is 53.1 Å². The maximum Gasteiger partial charge on any atom is 0.506 e. The average molecular weight is 252 g/mol. The van der Waals surface area contributed by atoms with Gasteiger partial charge in [0.15, 0.2) is 0 Å². The van der Waals surface area contributed by atoms with E-state index in [4.69, 9.17) is 15.3 Å². The summed E-state index contributed by atoms with van der Waals surface area (Å²) in [5, 5.41) is 24.7. The van der Waals surface area contributed by atoms with Gasteiger partial charge in [0.2, 0.25) is 0 Å². The van der Waals surface area contributed by atoms with Crippen molar-refractivity contribution in [3.63, 3.8) is 0 Å². The number of carboxylic acid groups (broad SMARTS) is 3. The second-order valence-electron chi connectivity index (χ2n) is 2.81. The molecule has 0 saturated heterocycles. The third-order valence-electron chi connectivity index (χ3n) is 1.60. The fourth-order valence-corrected chi connectivity index (χ4v) is 0.960. The van der Waals surface area contributed by atoms with Crippen molar-refractivity contribution in [1.82, 2.24) is 0 Å². The van der Waals surface area contributed by atoms with Crippen molar-refractivity contribution < 1.29 is 43.9 Å². The van der Waals surface area contributed by atoms with Gasteiger partial charge in [0.25, 0.3) is 0 Å². The number of rotatable bonds is 7. The van der Waals surface area contributed by atoms with Gasteiger partial charge in [-0.15, -0.1) is 0 Å². The van der Waals surface area contributed by atoms with Gasteiger partial charge in [0.05, 0.1) is 13.2 Å². The van der Waals surface area contributed by atoms with E-state index in [0.29, 0.717) is 0 Å². The highest BCUT2D eigenvalue weighted by atomic mass is 16.7. The Morgan fingerprint density at radius 1 is 0.824 bits per heavy atom. The van der Waals surface area contributed by atoms with Crippen molar-refractivity contribution in [2.24, 2.45) is 0 Å². The molecule has 0 spiro atoms. The lowest BCUT2D eigenvalue weighted by Crippen LogP contribution is -2.22. The molecule has 9 nitrogen and oxygen atoms in total. The average Bonchev–Trinajstić information content (AvgIpc) is 2.15. The van der Waals surface area contributed by atoms with Crippen molar-refractivity contribution in [3.05, 3.63) is 0 Å². The van der Waals surface area contributed by atoms with Crippen molar-refractivity contribution in [2.45, 2.75) is 18.9 Å². The van der Waals surface area contributed by atoms with Crippen molar-refractivity contribution >= 4 is 18.5 Å². The zero-order valence-electron chi connectivity index (χ0n) is 8.70. The molecule has 0 heterocycles. The summed E-state index contributed by atoms with van der Waals surface area (Å²) in [5.74, 6) is 0. The third kappa shape index (κ3) is 10.1. The summed E-state index contributed by atoms with van der Waals surface area (Å²) in [5.41, 5.74) is 0. The zero-order chi connectivity index (χ0) is 13.3. The van der Waals surface area contributed by atoms with Gasteiger partial charge in [0, 0.05) is 12.8 Å². The van der Waals surface area contributed by atoms with Gasteiger partial charge in [-0.1, -0.05) is 0 Å². The molecule has 0 aromatic carbocycles. The Bertz CT molecular complexity index is 254. The van der Waals surface area contributed by atoms with Gasteiger partial charge < -0.3 is 29.5 Å². The quantitative estimate of drug-likeness (QED) is 0.450. The molecule has 0 aliphatic carbocycles. The normalized spacial score (nSPS) is 9.71. The van der Waals surface area contributed by atoms with Crippen LogP contribution in [0.4, 0.5) is 14.4 Å². The number of carbonyl (C=O) groups is 3. The van der Waals surface area contributed by atoms with Crippen LogP contribution < -0.4 is 0 Å². The van der Waals surface area contributed by atoms with Crippen LogP contribution in [0.2, 0.25) is 0 Å². The van der Waals surface area contributed by atoms with Crippen LogP contribution in [0, 0.1) is 0 Å². The molecule has 0 aliphatic rings. The fourth-order valence-electron chi connectivity index (χ4n) is 0.960. The van der Waals surface area contributed by atoms with Gasteiger partial charge in [-0.05, 0) is 0 Å². The van der Waals surface area contributed by atoms with Crippen molar-refractivity contribution in [3.8, 4) is 0 Å². The molecule has 0 unspecified atom stereocenters. The lowest BCUT2D eigenvalue weighted by Gasteiger charge is -2.14. The molecular weight excluding hydrogens is 240 g/mol. The van der Waals surface area contributed by atoms with Gasteiger partial charge in [-0.2, -0.15) is 0 Å². The highest BCUT2D eigenvalue weighted by Gasteiger charge is 2.15. The zero-order valence-corrected chi connectivity index (χ0v) is 8.70. The molecule has 3 N–H and O–H groups in total. The third-order valence-corrected chi connectivity index (χ3v) is 1.60. The largest absolute Gasteiger partial charge is 0.506 e. The Hall–Kier alpha value is -2.19. The highest BCUT2D eigenvalue weighted by Crippen LogP contribution is 2.06. The van der Waals surface area contributed by atoms with Crippen LogP contribution >= 0.6 is 0 Å². The summed E-state index contributed by atoms with van der Waals surface area (Å²) in [6.07, 6.45) is -5.42. The SMILES string of the molecule is O=C(O)OCCC(CCOC(=O)O)OC(=O)O. The van der Waals surface area contributed by atoms with Crippen LogP contribution in [0.1, 0.15) is 12.8 Å². The van der Waals surface area contributed by atoms with Crippen molar-refractivity contribution in [2.75, 3.05) is 13.2 Å².